The van der Waals surface area contributed by atoms with E-state index in [1.807, 2.05) is 0 Å². The predicted molar refractivity (Wildman–Crippen MR) is 152 cm³/mol. The fourth-order valence-electron chi connectivity index (χ4n) is 5.50. The molecule has 3 aliphatic heterocycles. The molecule has 0 saturated carbocycles. The van der Waals surface area contributed by atoms with Crippen LogP contribution in [0.5, 0.6) is 6.01 Å². The molecule has 0 bridgehead atoms. The highest BCUT2D eigenvalue weighted by atomic mass is 16.6. The molecule has 0 radical (unpaired) electrons. The van der Waals surface area contributed by atoms with Gasteiger partial charge < -0.3 is 39.0 Å². The molecule has 2 N–H and O–H groups in total. The molecule has 0 aliphatic carbocycles. The number of aliphatic hydroxyl groups is 1. The van der Waals surface area contributed by atoms with Gasteiger partial charge in [-0.25, -0.2) is 0 Å². The van der Waals surface area contributed by atoms with Crippen molar-refractivity contribution in [2.75, 3.05) is 111 Å². The number of nitriles is 1. The van der Waals surface area contributed by atoms with Crippen LogP contribution < -0.4 is 15.0 Å². The average molecular weight is 578 g/mol. The van der Waals surface area contributed by atoms with Crippen molar-refractivity contribution in [3.05, 3.63) is 11.3 Å². The van der Waals surface area contributed by atoms with Crippen LogP contribution in [-0.4, -0.2) is 149 Å². The zero-order valence-electron chi connectivity index (χ0n) is 24.6. The van der Waals surface area contributed by atoms with Crippen LogP contribution in [0.4, 0.5) is 5.82 Å². The normalized spacial score (nSPS) is 23.5. The quantitative estimate of drug-likeness (QED) is 0.234. The Labute approximate surface area is 243 Å². The van der Waals surface area contributed by atoms with Crippen molar-refractivity contribution in [1.82, 2.24) is 25.1 Å². The average Bonchev–Trinajstić information content (AvgIpc) is 3.34. The van der Waals surface area contributed by atoms with E-state index in [2.05, 4.69) is 40.2 Å². The summed E-state index contributed by atoms with van der Waals surface area (Å²) in [6.07, 6.45) is 2.40. The van der Waals surface area contributed by atoms with Gasteiger partial charge in [-0.1, -0.05) is 0 Å². The van der Waals surface area contributed by atoms with E-state index in [1.54, 1.807) is 0 Å². The highest BCUT2D eigenvalue weighted by Crippen LogP contribution is 2.29. The summed E-state index contributed by atoms with van der Waals surface area (Å²) in [6, 6.07) is 3.16. The Bertz CT molecular complexity index is 967. The summed E-state index contributed by atoms with van der Waals surface area (Å²) in [5.74, 6) is 0.962. The molecule has 41 heavy (non-hydrogen) atoms. The number of anilines is 1. The second-order valence-corrected chi connectivity index (χ2v) is 10.8. The monoisotopic (exact) mass is 577 g/mol. The minimum Gasteiger partial charge on any atom is -0.462 e. The molecule has 0 spiro atoms. The van der Waals surface area contributed by atoms with Crippen LogP contribution in [0.3, 0.4) is 0 Å². The number of nitrogens with one attached hydrogen (secondary N) is 1. The van der Waals surface area contributed by atoms with E-state index >= 15 is 0 Å². The van der Waals surface area contributed by atoms with E-state index in [0.29, 0.717) is 71.8 Å². The van der Waals surface area contributed by atoms with Crippen molar-refractivity contribution in [1.29, 1.82) is 5.26 Å². The van der Waals surface area contributed by atoms with Gasteiger partial charge >= 0.3 is 6.01 Å². The van der Waals surface area contributed by atoms with Gasteiger partial charge in [0.05, 0.1) is 77.1 Å². The van der Waals surface area contributed by atoms with Crippen LogP contribution in [0.25, 0.3) is 0 Å². The number of likely N-dealkylation sites (tertiary alicyclic amines) is 1. The summed E-state index contributed by atoms with van der Waals surface area (Å²) in [4.78, 5) is 16.5. The molecular formula is C28H47N7O6. The Hall–Kier alpha value is -2.15. The van der Waals surface area contributed by atoms with Crippen molar-refractivity contribution in [2.24, 2.45) is 0 Å². The van der Waals surface area contributed by atoms with Gasteiger partial charge in [0.2, 0.25) is 0 Å². The highest BCUT2D eigenvalue weighted by molar-refractivity contribution is 5.51. The number of likely N-dealkylation sites (N-methyl/N-ethyl adjacent to an activating group) is 2. The van der Waals surface area contributed by atoms with Crippen molar-refractivity contribution < 1.29 is 28.8 Å². The molecule has 3 aliphatic rings. The highest BCUT2D eigenvalue weighted by Gasteiger charge is 2.32. The second-order valence-electron chi connectivity index (χ2n) is 10.8. The van der Waals surface area contributed by atoms with E-state index in [0.717, 1.165) is 57.1 Å². The van der Waals surface area contributed by atoms with Crippen LogP contribution in [0.2, 0.25) is 0 Å². The number of hydrogen-bond acceptors (Lipinski definition) is 13. The smallest absolute Gasteiger partial charge is 0.318 e. The summed E-state index contributed by atoms with van der Waals surface area (Å²) >= 11 is 0. The first kappa shape index (κ1) is 31.8. The van der Waals surface area contributed by atoms with Crippen LogP contribution in [0.1, 0.15) is 24.1 Å². The lowest BCUT2D eigenvalue weighted by molar-refractivity contribution is -0.0180. The number of aromatic nitrogens is 2. The minimum atomic E-state index is 0.0264. The third-order valence-corrected chi connectivity index (χ3v) is 7.91. The topological polar surface area (TPSA) is 138 Å². The Morgan fingerprint density at radius 3 is 2.46 bits per heavy atom. The van der Waals surface area contributed by atoms with E-state index in [1.165, 1.54) is 5.56 Å². The molecule has 4 rings (SSSR count). The molecular weight excluding hydrogens is 530 g/mol. The maximum Gasteiger partial charge on any atom is 0.318 e. The fraction of sp³-hybridized carbons (Fsp3) is 0.821. The predicted octanol–water partition coefficient (Wildman–Crippen LogP) is -0.333. The van der Waals surface area contributed by atoms with Gasteiger partial charge in [-0.05, 0) is 33.5 Å². The first-order valence-electron chi connectivity index (χ1n) is 14.8. The summed E-state index contributed by atoms with van der Waals surface area (Å²) in [6.45, 7) is 8.91. The molecule has 0 aromatic carbocycles. The van der Waals surface area contributed by atoms with Gasteiger partial charge in [-0.15, -0.1) is 0 Å². The summed E-state index contributed by atoms with van der Waals surface area (Å²) in [7, 11) is 4.18. The number of rotatable bonds is 17. The molecule has 2 saturated heterocycles. The summed E-state index contributed by atoms with van der Waals surface area (Å²) in [5.41, 5.74) is 2.21. The molecule has 2 fully saturated rings. The Morgan fingerprint density at radius 2 is 1.71 bits per heavy atom. The standard InChI is InChI=1S/C28H47N7O6/c1-33-7-8-35(19-22(33)3-5-29)27-25-4-6-30-18-26(25)31-28(32-27)41-21-23-17-24(20-34(23)2)40-16-15-39-14-13-38-12-11-37-10-9-36/h22-24,30,36H,3-4,6-21H2,1-2H3/t22-,23-,24+/m0/s1. The first-order valence-corrected chi connectivity index (χ1v) is 14.8. The number of aliphatic hydroxyl groups excluding tert-OH is 1. The van der Waals surface area contributed by atoms with Crippen LogP contribution >= 0.6 is 0 Å². The minimum absolute atomic E-state index is 0.0264. The molecule has 1 aromatic rings. The summed E-state index contributed by atoms with van der Waals surface area (Å²) in [5, 5.41) is 21.4. The molecule has 230 valence electrons. The number of ether oxygens (including phenoxy) is 5. The van der Waals surface area contributed by atoms with Gasteiger partial charge in [0, 0.05) is 50.4 Å². The molecule has 13 heteroatoms. The van der Waals surface area contributed by atoms with Crippen LogP contribution in [0, 0.1) is 11.3 Å². The van der Waals surface area contributed by atoms with Crippen molar-refractivity contribution in [2.45, 2.75) is 44.0 Å². The maximum atomic E-state index is 9.29. The zero-order chi connectivity index (χ0) is 28.9. The Balaban J connectivity index is 1.21. The van der Waals surface area contributed by atoms with Gasteiger partial charge in [0.1, 0.15) is 12.4 Å². The van der Waals surface area contributed by atoms with Gasteiger partial charge in [0.15, 0.2) is 0 Å². The van der Waals surface area contributed by atoms with Crippen LogP contribution in [-0.2, 0) is 31.9 Å². The SMILES string of the molecule is CN1CCN(c2nc(OC[C@@H]3C[C@@H](OCCOCCOCCOCCO)CN3C)nc3c2CCNC3)C[C@@H]1CC#N. The van der Waals surface area contributed by atoms with E-state index in [9.17, 15) is 5.26 Å². The second kappa shape index (κ2) is 17.1. The van der Waals surface area contributed by atoms with Crippen molar-refractivity contribution in [3.63, 3.8) is 0 Å². The Morgan fingerprint density at radius 1 is 0.951 bits per heavy atom. The first-order chi connectivity index (χ1) is 20.1. The number of fused-ring (bicyclic) bond motifs is 1. The number of piperazine rings is 1. The Kier molecular flexibility index (Phi) is 13.2. The van der Waals surface area contributed by atoms with Gasteiger partial charge in [-0.3, -0.25) is 9.80 Å². The lowest BCUT2D eigenvalue weighted by Gasteiger charge is -2.40. The fourth-order valence-corrected chi connectivity index (χ4v) is 5.50. The summed E-state index contributed by atoms with van der Waals surface area (Å²) < 4.78 is 28.4. The molecule has 3 atom stereocenters. The van der Waals surface area contributed by atoms with Crippen molar-refractivity contribution >= 4 is 5.82 Å². The maximum absolute atomic E-state index is 9.29. The number of nitrogens with zero attached hydrogens (tertiary/aromatic N) is 6. The zero-order valence-corrected chi connectivity index (χ0v) is 24.6. The van der Waals surface area contributed by atoms with Gasteiger partial charge in [0.25, 0.3) is 0 Å². The largest absolute Gasteiger partial charge is 0.462 e. The van der Waals surface area contributed by atoms with Gasteiger partial charge in [-0.2, -0.15) is 15.2 Å². The third kappa shape index (κ3) is 9.69. The molecule has 0 unspecified atom stereocenters. The third-order valence-electron chi connectivity index (χ3n) is 7.91. The van der Waals surface area contributed by atoms with Crippen LogP contribution in [0.15, 0.2) is 0 Å². The van der Waals surface area contributed by atoms with E-state index in [-0.39, 0.29) is 24.8 Å². The molecule has 13 nitrogen and oxygen atoms in total. The lowest BCUT2D eigenvalue weighted by Crippen LogP contribution is -2.52. The number of hydrogen-bond donors (Lipinski definition) is 2. The molecule has 1 aromatic heterocycles. The molecule has 4 heterocycles. The lowest BCUT2D eigenvalue weighted by atomic mass is 10.0. The molecule has 0 amide bonds. The van der Waals surface area contributed by atoms with Crippen molar-refractivity contribution in [3.8, 4) is 12.1 Å². The van der Waals surface area contributed by atoms with E-state index < -0.39 is 0 Å². The van der Waals surface area contributed by atoms with E-state index in [4.69, 9.17) is 38.8 Å².